The Morgan fingerprint density at radius 1 is 1.55 bits per heavy atom. The van der Waals surface area contributed by atoms with Crippen LogP contribution in [0, 0.1) is 12.7 Å². The van der Waals surface area contributed by atoms with Crippen LogP contribution in [0.5, 0.6) is 5.75 Å². The molecular formula is C13H13BrFN3OS. The van der Waals surface area contributed by atoms with Crippen LogP contribution in [0.25, 0.3) is 0 Å². The molecule has 4 nitrogen and oxygen atoms in total. The van der Waals surface area contributed by atoms with E-state index >= 15 is 0 Å². The van der Waals surface area contributed by atoms with E-state index in [0.717, 1.165) is 15.9 Å². The van der Waals surface area contributed by atoms with Crippen molar-refractivity contribution >= 4 is 33.1 Å². The molecule has 0 aliphatic rings. The number of rotatable bonds is 4. The van der Waals surface area contributed by atoms with E-state index in [1.54, 1.807) is 10.7 Å². The lowest BCUT2D eigenvalue weighted by molar-refractivity contribution is 0.279. The Balaban J connectivity index is 2.17. The second-order valence-corrected chi connectivity index (χ2v) is 5.50. The Labute approximate surface area is 129 Å². The highest BCUT2D eigenvalue weighted by molar-refractivity contribution is 9.10. The van der Waals surface area contributed by atoms with Crippen molar-refractivity contribution in [2.75, 3.05) is 0 Å². The molecule has 0 atom stereocenters. The Morgan fingerprint density at radius 2 is 2.25 bits per heavy atom. The van der Waals surface area contributed by atoms with E-state index in [-0.39, 0.29) is 17.3 Å². The summed E-state index contributed by atoms with van der Waals surface area (Å²) in [6, 6.07) is 4.41. The summed E-state index contributed by atoms with van der Waals surface area (Å²) >= 11 is 8.23. The molecule has 20 heavy (non-hydrogen) atoms. The van der Waals surface area contributed by atoms with Crippen molar-refractivity contribution in [3.05, 3.63) is 45.4 Å². The number of halogens is 2. The fraction of sp³-hybridized carbons (Fsp3) is 0.231. The zero-order valence-corrected chi connectivity index (χ0v) is 13.4. The molecule has 106 valence electrons. The van der Waals surface area contributed by atoms with Crippen LogP contribution in [-0.2, 0) is 13.7 Å². The minimum Gasteiger partial charge on any atom is -0.484 e. The van der Waals surface area contributed by atoms with Gasteiger partial charge >= 0.3 is 0 Å². The van der Waals surface area contributed by atoms with Gasteiger partial charge in [0.2, 0.25) is 0 Å². The zero-order valence-electron chi connectivity index (χ0n) is 11.0. The lowest BCUT2D eigenvalue weighted by Crippen LogP contribution is -2.10. The molecule has 0 unspecified atom stereocenters. The number of aryl methyl sites for hydroxylation is 2. The van der Waals surface area contributed by atoms with E-state index in [2.05, 4.69) is 21.0 Å². The normalized spacial score (nSPS) is 10.6. The van der Waals surface area contributed by atoms with Gasteiger partial charge in [0, 0.05) is 12.6 Å². The van der Waals surface area contributed by atoms with Gasteiger partial charge in [-0.25, -0.2) is 4.39 Å². The first-order valence-corrected chi connectivity index (χ1v) is 7.00. The Bertz CT molecular complexity index is 672. The second kappa shape index (κ2) is 5.88. The van der Waals surface area contributed by atoms with Gasteiger partial charge in [-0.3, -0.25) is 4.68 Å². The number of thiocarbonyl (C=S) groups is 1. The largest absolute Gasteiger partial charge is 0.484 e. The third-order valence-corrected chi connectivity index (χ3v) is 4.11. The molecule has 2 aromatic rings. The third kappa shape index (κ3) is 2.99. The van der Waals surface area contributed by atoms with Gasteiger partial charge in [-0.1, -0.05) is 12.2 Å². The van der Waals surface area contributed by atoms with Gasteiger partial charge in [0.25, 0.3) is 0 Å². The lowest BCUT2D eigenvalue weighted by atomic mass is 10.2. The summed E-state index contributed by atoms with van der Waals surface area (Å²) in [5.41, 5.74) is 7.61. The van der Waals surface area contributed by atoms with Gasteiger partial charge in [-0.05, 0) is 41.1 Å². The molecular weight excluding hydrogens is 345 g/mol. The fourth-order valence-electron chi connectivity index (χ4n) is 1.75. The molecule has 1 aromatic heterocycles. The van der Waals surface area contributed by atoms with Crippen LogP contribution in [0.15, 0.2) is 22.7 Å². The van der Waals surface area contributed by atoms with Crippen molar-refractivity contribution in [1.82, 2.24) is 9.78 Å². The van der Waals surface area contributed by atoms with Gasteiger partial charge in [0.15, 0.2) is 11.6 Å². The Hall–Kier alpha value is -1.47. The third-order valence-electron chi connectivity index (χ3n) is 2.84. The molecule has 0 aliphatic carbocycles. The highest BCUT2D eigenvalue weighted by atomic mass is 79.9. The molecule has 0 fully saturated rings. The Kier molecular flexibility index (Phi) is 4.39. The van der Waals surface area contributed by atoms with Crippen LogP contribution in [0.4, 0.5) is 4.39 Å². The molecule has 1 heterocycles. The van der Waals surface area contributed by atoms with E-state index < -0.39 is 5.82 Å². The van der Waals surface area contributed by atoms with Gasteiger partial charge in [0.1, 0.15) is 11.6 Å². The predicted octanol–water partition coefficient (Wildman–Crippen LogP) is 2.84. The lowest BCUT2D eigenvalue weighted by Gasteiger charge is -2.09. The molecule has 2 N–H and O–H groups in total. The van der Waals surface area contributed by atoms with Crippen LogP contribution >= 0.6 is 28.1 Å². The molecule has 0 aliphatic heterocycles. The van der Waals surface area contributed by atoms with Crippen LogP contribution in [0.1, 0.15) is 17.0 Å². The number of benzene rings is 1. The molecule has 0 saturated carbocycles. The summed E-state index contributed by atoms with van der Waals surface area (Å²) in [6.45, 7) is 2.09. The van der Waals surface area contributed by atoms with E-state index in [0.29, 0.717) is 5.56 Å². The number of nitrogens with zero attached hydrogens (tertiary/aromatic N) is 2. The van der Waals surface area contributed by atoms with E-state index in [9.17, 15) is 4.39 Å². The van der Waals surface area contributed by atoms with Gasteiger partial charge in [0.05, 0.1) is 15.9 Å². The van der Waals surface area contributed by atoms with Crippen molar-refractivity contribution in [2.45, 2.75) is 13.5 Å². The van der Waals surface area contributed by atoms with Crippen molar-refractivity contribution < 1.29 is 9.13 Å². The second-order valence-electron chi connectivity index (χ2n) is 4.27. The standard InChI is InChI=1S/C13H13BrFN3OS/c1-7-12(14)10(18(2)17-7)6-19-11-4-3-8(13(16)20)5-9(11)15/h3-5H,6H2,1-2H3,(H2,16,20). The van der Waals surface area contributed by atoms with Gasteiger partial charge in [-0.15, -0.1) is 0 Å². The average Bonchev–Trinajstić information content (AvgIpc) is 2.62. The molecule has 0 amide bonds. The molecule has 0 radical (unpaired) electrons. The highest BCUT2D eigenvalue weighted by Crippen LogP contribution is 2.24. The van der Waals surface area contributed by atoms with Crippen molar-refractivity contribution in [1.29, 1.82) is 0 Å². The molecule has 2 rings (SSSR count). The predicted molar refractivity (Wildman–Crippen MR) is 82.3 cm³/mol. The molecule has 0 bridgehead atoms. The topological polar surface area (TPSA) is 53.1 Å². The van der Waals surface area contributed by atoms with E-state index in [1.807, 2.05) is 14.0 Å². The minimum atomic E-state index is -0.495. The first kappa shape index (κ1) is 14.9. The van der Waals surface area contributed by atoms with Crippen molar-refractivity contribution in [2.24, 2.45) is 12.8 Å². The molecule has 7 heteroatoms. The van der Waals surface area contributed by atoms with Crippen molar-refractivity contribution in [3.63, 3.8) is 0 Å². The Morgan fingerprint density at radius 3 is 2.75 bits per heavy atom. The monoisotopic (exact) mass is 357 g/mol. The average molecular weight is 358 g/mol. The van der Waals surface area contributed by atoms with Crippen LogP contribution in [-0.4, -0.2) is 14.8 Å². The molecule has 0 spiro atoms. The number of ether oxygens (including phenoxy) is 1. The quantitative estimate of drug-likeness (QED) is 0.854. The first-order chi connectivity index (χ1) is 9.40. The van der Waals surface area contributed by atoms with Crippen molar-refractivity contribution in [3.8, 4) is 5.75 Å². The van der Waals surface area contributed by atoms with E-state index in [1.165, 1.54) is 12.1 Å². The summed E-state index contributed by atoms with van der Waals surface area (Å²) in [5, 5.41) is 4.25. The van der Waals surface area contributed by atoms with E-state index in [4.69, 9.17) is 22.7 Å². The number of hydrogen-bond acceptors (Lipinski definition) is 3. The minimum absolute atomic E-state index is 0.149. The molecule has 1 aromatic carbocycles. The maximum atomic E-state index is 13.8. The van der Waals surface area contributed by atoms with Crippen LogP contribution < -0.4 is 10.5 Å². The van der Waals surface area contributed by atoms with Gasteiger partial charge < -0.3 is 10.5 Å². The van der Waals surface area contributed by atoms with Crippen LogP contribution in [0.3, 0.4) is 0 Å². The summed E-state index contributed by atoms with van der Waals surface area (Å²) in [6.07, 6.45) is 0. The van der Waals surface area contributed by atoms with Gasteiger partial charge in [-0.2, -0.15) is 5.10 Å². The summed E-state index contributed by atoms with van der Waals surface area (Å²) in [7, 11) is 1.81. The zero-order chi connectivity index (χ0) is 14.9. The van der Waals surface area contributed by atoms with Crippen LogP contribution in [0.2, 0.25) is 0 Å². The highest BCUT2D eigenvalue weighted by Gasteiger charge is 2.13. The first-order valence-electron chi connectivity index (χ1n) is 5.80. The summed E-state index contributed by atoms with van der Waals surface area (Å²) in [5.74, 6) is -0.346. The number of nitrogens with two attached hydrogens (primary N) is 1. The molecule has 0 saturated heterocycles. The summed E-state index contributed by atoms with van der Waals surface area (Å²) < 4.78 is 21.9. The summed E-state index contributed by atoms with van der Waals surface area (Å²) in [4.78, 5) is 0.153. The number of aromatic nitrogens is 2. The smallest absolute Gasteiger partial charge is 0.165 e. The SMILES string of the molecule is Cc1nn(C)c(COc2ccc(C(N)=S)cc2F)c1Br. The maximum absolute atomic E-state index is 13.8. The fourth-order valence-corrected chi connectivity index (χ4v) is 2.33. The number of hydrogen-bond donors (Lipinski definition) is 1. The maximum Gasteiger partial charge on any atom is 0.165 e.